The fourth-order valence-electron chi connectivity index (χ4n) is 2.64. The van der Waals surface area contributed by atoms with Gasteiger partial charge in [-0.05, 0) is 38.1 Å². The lowest BCUT2D eigenvalue weighted by atomic mass is 10.1. The van der Waals surface area contributed by atoms with Gasteiger partial charge in [0.15, 0.2) is 0 Å². The number of nitrogens with zero attached hydrogens (tertiary/aromatic N) is 2. The minimum Gasteiger partial charge on any atom is -0.382 e. The first-order chi connectivity index (χ1) is 7.86. The van der Waals surface area contributed by atoms with Crippen molar-refractivity contribution in [1.82, 2.24) is 15.1 Å². The van der Waals surface area contributed by atoms with Crippen molar-refractivity contribution in [3.8, 4) is 0 Å². The predicted octanol–water partition coefficient (Wildman–Crippen LogP) is 1.18. The molecule has 3 N–H and O–H groups in total. The molecule has 1 aromatic heterocycles. The average Bonchev–Trinajstić information content (AvgIpc) is 2.69. The summed E-state index contributed by atoms with van der Waals surface area (Å²) in [5.41, 5.74) is 8.72. The summed E-state index contributed by atoms with van der Waals surface area (Å²) in [5, 5.41) is 7.96. The van der Waals surface area contributed by atoms with Crippen LogP contribution in [0.15, 0.2) is 0 Å². The monoisotopic (exact) mass is 238 g/mol. The zero-order chi connectivity index (χ0) is 11.0. The second kappa shape index (κ2) is 4.30. The molecule has 88 valence electrons. The summed E-state index contributed by atoms with van der Waals surface area (Å²) < 4.78 is 2.22. The summed E-state index contributed by atoms with van der Waals surface area (Å²) in [6.45, 7) is 2.21. The second-order valence-corrected chi connectivity index (χ2v) is 5.64. The highest BCUT2D eigenvalue weighted by molar-refractivity contribution is 7.98. The molecule has 0 aliphatic carbocycles. The molecular formula is C11H18N4S. The molecule has 0 saturated carbocycles. The van der Waals surface area contributed by atoms with E-state index in [0.29, 0.717) is 6.04 Å². The first kappa shape index (κ1) is 10.5. The SMILES string of the molecule is Nc1nn(C2CCNCC2)c2c1CCSC2. The molecular weight excluding hydrogens is 220 g/mol. The molecule has 0 radical (unpaired) electrons. The maximum atomic E-state index is 6.01. The van der Waals surface area contributed by atoms with Gasteiger partial charge in [-0.3, -0.25) is 4.68 Å². The Bertz CT molecular complexity index is 382. The Morgan fingerprint density at radius 2 is 2.19 bits per heavy atom. The van der Waals surface area contributed by atoms with Crippen LogP contribution in [-0.4, -0.2) is 28.6 Å². The number of thioether (sulfide) groups is 1. The lowest BCUT2D eigenvalue weighted by Gasteiger charge is -2.25. The van der Waals surface area contributed by atoms with Gasteiger partial charge in [-0.15, -0.1) is 0 Å². The lowest BCUT2D eigenvalue weighted by Crippen LogP contribution is -2.30. The molecule has 4 nitrogen and oxygen atoms in total. The number of nitrogens with one attached hydrogen (secondary N) is 1. The molecule has 1 aromatic rings. The number of aromatic nitrogens is 2. The Kier molecular flexibility index (Phi) is 2.81. The summed E-state index contributed by atoms with van der Waals surface area (Å²) >= 11 is 2.00. The van der Waals surface area contributed by atoms with Crippen molar-refractivity contribution in [2.24, 2.45) is 0 Å². The van der Waals surface area contributed by atoms with Gasteiger partial charge in [-0.1, -0.05) is 0 Å². The largest absolute Gasteiger partial charge is 0.382 e. The zero-order valence-corrected chi connectivity index (χ0v) is 10.2. The number of hydrogen-bond acceptors (Lipinski definition) is 4. The average molecular weight is 238 g/mol. The van der Waals surface area contributed by atoms with E-state index in [1.165, 1.54) is 29.9 Å². The van der Waals surface area contributed by atoms with E-state index >= 15 is 0 Å². The topological polar surface area (TPSA) is 55.9 Å². The van der Waals surface area contributed by atoms with Crippen LogP contribution in [-0.2, 0) is 12.2 Å². The lowest BCUT2D eigenvalue weighted by molar-refractivity contribution is 0.338. The second-order valence-electron chi connectivity index (χ2n) is 4.54. The van der Waals surface area contributed by atoms with Crippen molar-refractivity contribution >= 4 is 17.6 Å². The van der Waals surface area contributed by atoms with Crippen molar-refractivity contribution in [1.29, 1.82) is 0 Å². The molecule has 0 spiro atoms. The molecule has 1 fully saturated rings. The summed E-state index contributed by atoms with van der Waals surface area (Å²) in [7, 11) is 0. The van der Waals surface area contributed by atoms with Crippen LogP contribution in [0.5, 0.6) is 0 Å². The molecule has 0 aromatic carbocycles. The minimum atomic E-state index is 0.561. The van der Waals surface area contributed by atoms with Crippen LogP contribution in [0, 0.1) is 0 Å². The van der Waals surface area contributed by atoms with E-state index < -0.39 is 0 Å². The maximum Gasteiger partial charge on any atom is 0.148 e. The first-order valence-electron chi connectivity index (χ1n) is 6.00. The number of nitrogen functional groups attached to an aromatic ring is 1. The van der Waals surface area contributed by atoms with E-state index in [1.54, 1.807) is 0 Å². The number of hydrogen-bond donors (Lipinski definition) is 2. The molecule has 5 heteroatoms. The van der Waals surface area contributed by atoms with Gasteiger partial charge in [0.25, 0.3) is 0 Å². The first-order valence-corrected chi connectivity index (χ1v) is 7.16. The molecule has 2 aliphatic heterocycles. The van der Waals surface area contributed by atoms with Gasteiger partial charge >= 0.3 is 0 Å². The third kappa shape index (κ3) is 1.72. The summed E-state index contributed by atoms with van der Waals surface area (Å²) in [4.78, 5) is 0. The maximum absolute atomic E-state index is 6.01. The van der Waals surface area contributed by atoms with Crippen LogP contribution >= 0.6 is 11.8 Å². The van der Waals surface area contributed by atoms with Crippen LogP contribution in [0.25, 0.3) is 0 Å². The molecule has 16 heavy (non-hydrogen) atoms. The Morgan fingerprint density at radius 1 is 1.38 bits per heavy atom. The van der Waals surface area contributed by atoms with Crippen molar-refractivity contribution < 1.29 is 0 Å². The van der Waals surface area contributed by atoms with Crippen molar-refractivity contribution in [2.75, 3.05) is 24.6 Å². The van der Waals surface area contributed by atoms with Gasteiger partial charge in [-0.25, -0.2) is 0 Å². The van der Waals surface area contributed by atoms with Crippen LogP contribution in [0.3, 0.4) is 0 Å². The molecule has 2 aliphatic rings. The van der Waals surface area contributed by atoms with Crippen molar-refractivity contribution in [2.45, 2.75) is 31.1 Å². The molecule has 0 amide bonds. The summed E-state index contributed by atoms with van der Waals surface area (Å²) in [6, 6.07) is 0.561. The quantitative estimate of drug-likeness (QED) is 0.771. The molecule has 1 saturated heterocycles. The smallest absolute Gasteiger partial charge is 0.148 e. The Hall–Kier alpha value is -0.680. The third-order valence-corrected chi connectivity index (χ3v) is 4.51. The third-order valence-electron chi connectivity index (χ3n) is 3.54. The van der Waals surface area contributed by atoms with Gasteiger partial charge in [0, 0.05) is 11.3 Å². The van der Waals surface area contributed by atoms with Crippen molar-refractivity contribution in [3.63, 3.8) is 0 Å². The summed E-state index contributed by atoms with van der Waals surface area (Å²) in [5.74, 6) is 3.05. The molecule has 3 heterocycles. The van der Waals surface area contributed by atoms with Crippen molar-refractivity contribution in [3.05, 3.63) is 11.3 Å². The summed E-state index contributed by atoms with van der Waals surface area (Å²) in [6.07, 6.45) is 3.45. The number of fused-ring (bicyclic) bond motifs is 1. The van der Waals surface area contributed by atoms with Crippen LogP contribution < -0.4 is 11.1 Å². The molecule has 0 atom stereocenters. The molecule has 0 bridgehead atoms. The Labute approximate surface area is 100.0 Å². The highest BCUT2D eigenvalue weighted by atomic mass is 32.2. The highest BCUT2D eigenvalue weighted by Crippen LogP contribution is 2.32. The number of piperidine rings is 1. The number of anilines is 1. The van der Waals surface area contributed by atoms with E-state index in [1.807, 2.05) is 11.8 Å². The Morgan fingerprint density at radius 3 is 3.00 bits per heavy atom. The van der Waals surface area contributed by atoms with Crippen LogP contribution in [0.2, 0.25) is 0 Å². The number of rotatable bonds is 1. The fraction of sp³-hybridized carbons (Fsp3) is 0.727. The molecule has 3 rings (SSSR count). The van der Waals surface area contributed by atoms with E-state index in [9.17, 15) is 0 Å². The zero-order valence-electron chi connectivity index (χ0n) is 9.41. The minimum absolute atomic E-state index is 0.561. The van der Waals surface area contributed by atoms with Gasteiger partial charge in [0.2, 0.25) is 0 Å². The van der Waals surface area contributed by atoms with Gasteiger partial charge in [0.1, 0.15) is 5.82 Å². The van der Waals surface area contributed by atoms with Gasteiger partial charge in [0.05, 0.1) is 11.7 Å². The highest BCUT2D eigenvalue weighted by Gasteiger charge is 2.24. The van der Waals surface area contributed by atoms with Crippen LogP contribution in [0.4, 0.5) is 5.82 Å². The van der Waals surface area contributed by atoms with E-state index in [0.717, 1.165) is 31.1 Å². The fourth-order valence-corrected chi connectivity index (χ4v) is 3.64. The van der Waals surface area contributed by atoms with E-state index in [4.69, 9.17) is 5.73 Å². The number of nitrogens with two attached hydrogens (primary N) is 1. The standard InChI is InChI=1S/C11H18N4S/c12-11-9-3-6-16-7-10(9)15(14-11)8-1-4-13-5-2-8/h8,13H,1-7H2,(H2,12,14). The van der Waals surface area contributed by atoms with Gasteiger partial charge < -0.3 is 11.1 Å². The predicted molar refractivity (Wildman–Crippen MR) is 67.6 cm³/mol. The normalized spacial score (nSPS) is 22.0. The van der Waals surface area contributed by atoms with Gasteiger partial charge in [-0.2, -0.15) is 16.9 Å². The Balaban J connectivity index is 1.93. The van der Waals surface area contributed by atoms with E-state index in [-0.39, 0.29) is 0 Å². The molecule has 0 unspecified atom stereocenters. The van der Waals surface area contributed by atoms with Crippen LogP contribution in [0.1, 0.15) is 30.1 Å². The van der Waals surface area contributed by atoms with E-state index in [2.05, 4.69) is 15.1 Å².